The number of amides is 1. The molecule has 0 unspecified atom stereocenters. The van der Waals surface area contributed by atoms with Crippen LogP contribution in [0.15, 0.2) is 36.4 Å². The van der Waals surface area contributed by atoms with Crippen LogP contribution in [-0.4, -0.2) is 22.4 Å². The Kier molecular flexibility index (Phi) is 5.45. The van der Waals surface area contributed by atoms with Crippen molar-refractivity contribution in [2.24, 2.45) is 0 Å². The van der Waals surface area contributed by atoms with Crippen molar-refractivity contribution in [1.29, 1.82) is 0 Å². The van der Waals surface area contributed by atoms with E-state index in [1.165, 1.54) is 12.1 Å². The van der Waals surface area contributed by atoms with Gasteiger partial charge in [-0.05, 0) is 12.1 Å². The summed E-state index contributed by atoms with van der Waals surface area (Å²) in [6, 6.07) is 6.17. The van der Waals surface area contributed by atoms with Gasteiger partial charge in [0.1, 0.15) is 0 Å². The van der Waals surface area contributed by atoms with Gasteiger partial charge in [-0.1, -0.05) is 11.6 Å². The van der Waals surface area contributed by atoms with E-state index in [9.17, 15) is 29.4 Å². The van der Waals surface area contributed by atoms with Crippen molar-refractivity contribution in [1.82, 2.24) is 0 Å². The molecule has 0 aliphatic rings. The van der Waals surface area contributed by atoms with E-state index in [-0.39, 0.29) is 22.1 Å². The molecule has 0 bridgehead atoms. The number of benzene rings is 2. The van der Waals surface area contributed by atoms with Crippen molar-refractivity contribution >= 4 is 34.6 Å². The Morgan fingerprint density at radius 3 is 2.32 bits per heavy atom. The first kappa shape index (κ1) is 18.1. The Balaban J connectivity index is 2.03. The van der Waals surface area contributed by atoms with Gasteiger partial charge in [0.2, 0.25) is 0 Å². The second kappa shape index (κ2) is 7.53. The third kappa shape index (κ3) is 4.61. The Labute approximate surface area is 144 Å². The number of carbonyl (C=O) groups is 1. The van der Waals surface area contributed by atoms with Crippen LogP contribution in [0.5, 0.6) is 5.75 Å². The summed E-state index contributed by atoms with van der Waals surface area (Å²) < 4.78 is 18.6. The number of ether oxygens (including phenoxy) is 1. The van der Waals surface area contributed by atoms with E-state index in [1.807, 2.05) is 0 Å². The lowest BCUT2D eigenvalue weighted by atomic mass is 10.2. The van der Waals surface area contributed by atoms with Crippen molar-refractivity contribution in [3.8, 4) is 5.75 Å². The topological polar surface area (TPSA) is 125 Å². The number of nitro groups is 2. The van der Waals surface area contributed by atoms with Gasteiger partial charge in [-0.15, -0.1) is 0 Å². The summed E-state index contributed by atoms with van der Waals surface area (Å²) in [4.78, 5) is 31.6. The summed E-state index contributed by atoms with van der Waals surface area (Å²) in [5.41, 5.74) is -0.742. The summed E-state index contributed by atoms with van der Waals surface area (Å²) in [7, 11) is 0. The molecular formula is C14H9ClFN3O6. The number of carbonyl (C=O) groups excluding carboxylic acids is 1. The third-order valence-electron chi connectivity index (χ3n) is 2.92. The van der Waals surface area contributed by atoms with Crippen molar-refractivity contribution in [3.63, 3.8) is 0 Å². The Bertz CT molecular complexity index is 860. The first-order chi connectivity index (χ1) is 11.8. The maximum atomic E-state index is 13.6. The highest BCUT2D eigenvalue weighted by molar-refractivity contribution is 6.33. The van der Waals surface area contributed by atoms with Gasteiger partial charge in [-0.25, -0.2) is 4.39 Å². The average molecular weight is 370 g/mol. The maximum Gasteiger partial charge on any atom is 0.272 e. The molecule has 0 fully saturated rings. The Morgan fingerprint density at radius 1 is 1.12 bits per heavy atom. The standard InChI is InChI=1S/C14H9ClFN3O6/c15-10-3-1-9(19(23)24)6-12(10)17-14(20)7-25-13-4-2-8(18(21)22)5-11(13)16/h1-6H,7H2,(H,17,20). The summed E-state index contributed by atoms with van der Waals surface area (Å²) in [5.74, 6) is -2.11. The number of halogens is 2. The molecule has 2 aromatic carbocycles. The highest BCUT2D eigenvalue weighted by Crippen LogP contribution is 2.27. The monoisotopic (exact) mass is 369 g/mol. The van der Waals surface area contributed by atoms with Crippen LogP contribution in [0.25, 0.3) is 0 Å². The molecule has 130 valence electrons. The van der Waals surface area contributed by atoms with Crippen molar-refractivity contribution < 1.29 is 23.8 Å². The zero-order valence-corrected chi connectivity index (χ0v) is 13.0. The van der Waals surface area contributed by atoms with E-state index >= 15 is 0 Å². The third-order valence-corrected chi connectivity index (χ3v) is 3.25. The number of nitrogens with one attached hydrogen (secondary N) is 1. The molecule has 1 N–H and O–H groups in total. The predicted octanol–water partition coefficient (Wildman–Crippen LogP) is 3.31. The summed E-state index contributed by atoms with van der Waals surface area (Å²) in [6.07, 6.45) is 0. The van der Waals surface area contributed by atoms with Gasteiger partial charge in [-0.3, -0.25) is 25.0 Å². The minimum atomic E-state index is -1.00. The molecule has 0 saturated heterocycles. The number of nitrogens with zero attached hydrogens (tertiary/aromatic N) is 2. The number of nitro benzene ring substituents is 2. The average Bonchev–Trinajstić information content (AvgIpc) is 2.55. The first-order valence-electron chi connectivity index (χ1n) is 6.58. The fourth-order valence-electron chi connectivity index (χ4n) is 1.77. The highest BCUT2D eigenvalue weighted by Gasteiger charge is 2.15. The second-order valence-corrected chi connectivity index (χ2v) is 5.04. The summed E-state index contributed by atoms with van der Waals surface area (Å²) in [6.45, 7) is -0.631. The molecule has 25 heavy (non-hydrogen) atoms. The van der Waals surface area contributed by atoms with E-state index in [2.05, 4.69) is 5.32 Å². The van der Waals surface area contributed by atoms with Crippen molar-refractivity contribution in [2.75, 3.05) is 11.9 Å². The minimum absolute atomic E-state index is 0.00589. The molecule has 11 heteroatoms. The second-order valence-electron chi connectivity index (χ2n) is 4.63. The molecule has 0 aliphatic heterocycles. The van der Waals surface area contributed by atoms with E-state index < -0.39 is 33.9 Å². The molecule has 2 aromatic rings. The molecule has 0 radical (unpaired) electrons. The van der Waals surface area contributed by atoms with Gasteiger partial charge in [0, 0.05) is 18.2 Å². The lowest BCUT2D eigenvalue weighted by Gasteiger charge is -2.09. The molecule has 0 atom stereocenters. The van der Waals surface area contributed by atoms with Crippen LogP contribution >= 0.6 is 11.6 Å². The fraction of sp³-hybridized carbons (Fsp3) is 0.0714. The Morgan fingerprint density at radius 2 is 1.72 bits per heavy atom. The smallest absolute Gasteiger partial charge is 0.272 e. The van der Waals surface area contributed by atoms with E-state index in [0.717, 1.165) is 18.2 Å². The van der Waals surface area contributed by atoms with Crippen LogP contribution in [0.2, 0.25) is 5.02 Å². The summed E-state index contributed by atoms with van der Waals surface area (Å²) in [5, 5.41) is 23.6. The number of non-ortho nitro benzene ring substituents is 2. The van der Waals surface area contributed by atoms with E-state index in [4.69, 9.17) is 16.3 Å². The number of hydrogen-bond acceptors (Lipinski definition) is 6. The molecule has 0 aromatic heterocycles. The van der Waals surface area contributed by atoms with Gasteiger partial charge in [0.15, 0.2) is 18.2 Å². The van der Waals surface area contributed by atoms with Gasteiger partial charge < -0.3 is 10.1 Å². The van der Waals surface area contributed by atoms with E-state index in [0.29, 0.717) is 6.07 Å². The molecule has 0 aliphatic carbocycles. The number of hydrogen-bond donors (Lipinski definition) is 1. The molecule has 0 heterocycles. The SMILES string of the molecule is O=C(COc1ccc([N+](=O)[O-])cc1F)Nc1cc([N+](=O)[O-])ccc1Cl. The Hall–Kier alpha value is -3.27. The van der Waals surface area contributed by atoms with Crippen LogP contribution in [0.3, 0.4) is 0 Å². The van der Waals surface area contributed by atoms with Crippen molar-refractivity contribution in [2.45, 2.75) is 0 Å². The zero-order chi connectivity index (χ0) is 18.6. The van der Waals surface area contributed by atoms with Crippen LogP contribution in [0.4, 0.5) is 21.5 Å². The van der Waals surface area contributed by atoms with Gasteiger partial charge in [0.25, 0.3) is 17.3 Å². The van der Waals surface area contributed by atoms with Crippen LogP contribution in [0.1, 0.15) is 0 Å². The van der Waals surface area contributed by atoms with Gasteiger partial charge in [0.05, 0.1) is 26.6 Å². The molecule has 9 nitrogen and oxygen atoms in total. The molecule has 0 saturated carbocycles. The quantitative estimate of drug-likeness (QED) is 0.615. The van der Waals surface area contributed by atoms with Crippen LogP contribution in [-0.2, 0) is 4.79 Å². The van der Waals surface area contributed by atoms with Crippen molar-refractivity contribution in [3.05, 3.63) is 67.5 Å². The lowest BCUT2D eigenvalue weighted by Crippen LogP contribution is -2.20. The first-order valence-corrected chi connectivity index (χ1v) is 6.96. The maximum absolute atomic E-state index is 13.6. The van der Waals surface area contributed by atoms with Crippen LogP contribution in [0, 0.1) is 26.0 Å². The molecule has 2 rings (SSSR count). The van der Waals surface area contributed by atoms with Crippen LogP contribution < -0.4 is 10.1 Å². The minimum Gasteiger partial charge on any atom is -0.481 e. The normalized spacial score (nSPS) is 10.2. The molecular weight excluding hydrogens is 361 g/mol. The van der Waals surface area contributed by atoms with E-state index in [1.54, 1.807) is 0 Å². The highest BCUT2D eigenvalue weighted by atomic mass is 35.5. The summed E-state index contributed by atoms with van der Waals surface area (Å²) >= 11 is 5.83. The zero-order valence-electron chi connectivity index (χ0n) is 12.3. The number of rotatable bonds is 6. The lowest BCUT2D eigenvalue weighted by molar-refractivity contribution is -0.385. The fourth-order valence-corrected chi connectivity index (χ4v) is 1.94. The molecule has 1 amide bonds. The molecule has 0 spiro atoms. The van der Waals surface area contributed by atoms with Gasteiger partial charge in [-0.2, -0.15) is 0 Å². The van der Waals surface area contributed by atoms with Gasteiger partial charge >= 0.3 is 0 Å². The predicted molar refractivity (Wildman–Crippen MR) is 85.3 cm³/mol. The number of anilines is 1. The largest absolute Gasteiger partial charge is 0.481 e.